The van der Waals surface area contributed by atoms with Gasteiger partial charge in [0.1, 0.15) is 0 Å². The summed E-state index contributed by atoms with van der Waals surface area (Å²) in [5.74, 6) is -0.189. The minimum atomic E-state index is -4.48. The van der Waals surface area contributed by atoms with Gasteiger partial charge in [-0.05, 0) is 18.1 Å². The van der Waals surface area contributed by atoms with Gasteiger partial charge in [-0.2, -0.15) is 23.4 Å². The zero-order valence-corrected chi connectivity index (χ0v) is 16.8. The van der Waals surface area contributed by atoms with Crippen LogP contribution in [0.4, 0.5) is 13.2 Å². The van der Waals surface area contributed by atoms with Crippen molar-refractivity contribution in [1.82, 2.24) is 10.2 Å². The Kier molecular flexibility index (Phi) is 5.17. The summed E-state index contributed by atoms with van der Waals surface area (Å²) in [5.41, 5.74) is 0.581. The highest BCUT2D eigenvalue weighted by Crippen LogP contribution is 2.51. The Morgan fingerprint density at radius 1 is 1.37 bits per heavy atom. The number of hydrogen-bond donors (Lipinski definition) is 1. The third kappa shape index (κ3) is 3.12. The lowest BCUT2D eigenvalue weighted by molar-refractivity contribution is -0.137. The molecule has 3 aliphatic heterocycles. The smallest absolute Gasteiger partial charge is 0.383 e. The largest absolute Gasteiger partial charge is 0.416 e. The maximum Gasteiger partial charge on any atom is 0.416 e. The monoisotopic (exact) mass is 420 g/mol. The summed E-state index contributed by atoms with van der Waals surface area (Å²) in [6, 6.07) is 5.25. The van der Waals surface area contributed by atoms with Crippen LogP contribution in [0.3, 0.4) is 0 Å². The first-order valence-electron chi connectivity index (χ1n) is 9.89. The first-order chi connectivity index (χ1) is 14.3. The quantitative estimate of drug-likeness (QED) is 0.789. The predicted molar refractivity (Wildman–Crippen MR) is 103 cm³/mol. The van der Waals surface area contributed by atoms with Gasteiger partial charge in [0, 0.05) is 37.9 Å². The van der Waals surface area contributed by atoms with Crippen molar-refractivity contribution in [2.24, 2.45) is 10.2 Å². The second kappa shape index (κ2) is 7.54. The molecule has 6 nitrogen and oxygen atoms in total. The molecule has 0 radical (unpaired) electrons. The van der Waals surface area contributed by atoms with Crippen molar-refractivity contribution in [2.45, 2.75) is 37.5 Å². The Morgan fingerprint density at radius 2 is 2.17 bits per heavy atom. The number of carbonyl (C=O) groups is 1. The van der Waals surface area contributed by atoms with Crippen LogP contribution >= 0.6 is 0 Å². The van der Waals surface area contributed by atoms with Crippen LogP contribution < -0.4 is 5.32 Å². The SMILES string of the molecule is CC[C@]1(c2cccc(C(F)(F)F)c2)C2=CN=NC2NC2=C1C(=O)N(CCOC)CC2. The van der Waals surface area contributed by atoms with E-state index in [1.54, 1.807) is 24.3 Å². The number of azo groups is 1. The summed E-state index contributed by atoms with van der Waals surface area (Å²) in [6.45, 7) is 3.21. The van der Waals surface area contributed by atoms with E-state index in [0.717, 1.165) is 17.8 Å². The van der Waals surface area contributed by atoms with Gasteiger partial charge in [-0.15, -0.1) is 0 Å². The van der Waals surface area contributed by atoms with Gasteiger partial charge >= 0.3 is 6.18 Å². The first kappa shape index (κ1) is 20.6. The second-order valence-corrected chi connectivity index (χ2v) is 7.59. The van der Waals surface area contributed by atoms with Gasteiger partial charge in [0.2, 0.25) is 0 Å². The van der Waals surface area contributed by atoms with Gasteiger partial charge in [0.15, 0.2) is 6.17 Å². The van der Waals surface area contributed by atoms with Crippen LogP contribution in [-0.2, 0) is 21.1 Å². The summed E-state index contributed by atoms with van der Waals surface area (Å²) in [4.78, 5) is 15.2. The van der Waals surface area contributed by atoms with Crippen LogP contribution in [0.25, 0.3) is 0 Å². The maximum absolute atomic E-state index is 13.5. The molecule has 1 N–H and O–H groups in total. The van der Waals surface area contributed by atoms with Crippen LogP contribution in [-0.4, -0.2) is 43.8 Å². The van der Waals surface area contributed by atoms with Crippen molar-refractivity contribution in [3.63, 3.8) is 0 Å². The normalized spacial score (nSPS) is 25.8. The molecule has 9 heteroatoms. The summed E-state index contributed by atoms with van der Waals surface area (Å²) in [6.07, 6.45) is -2.39. The lowest BCUT2D eigenvalue weighted by atomic mass is 9.62. The molecule has 1 unspecified atom stereocenters. The number of ether oxygens (including phenoxy) is 1. The van der Waals surface area contributed by atoms with Crippen molar-refractivity contribution in [3.8, 4) is 0 Å². The third-order valence-electron chi connectivity index (χ3n) is 6.12. The standard InChI is InChI=1S/C21H23F3N4O2/c1-3-20(13-5-4-6-14(11-13)21(22,23)24)15-12-25-27-18(15)26-16-7-8-28(9-10-30-2)19(29)17(16)20/h4-6,11-12,18,26H,3,7-10H2,1-2H3/t18?,20-/m0/s1. The number of rotatable bonds is 5. The van der Waals surface area contributed by atoms with Gasteiger partial charge in [-0.3, -0.25) is 4.79 Å². The van der Waals surface area contributed by atoms with Crippen LogP contribution in [0, 0.1) is 0 Å². The number of halogens is 3. The molecule has 0 saturated heterocycles. The summed E-state index contributed by atoms with van der Waals surface area (Å²) < 4.78 is 45.6. The molecule has 4 rings (SSSR count). The number of hydrogen-bond acceptors (Lipinski definition) is 5. The van der Waals surface area contributed by atoms with Gasteiger partial charge in [0.25, 0.3) is 5.91 Å². The molecule has 1 amide bonds. The molecule has 0 bridgehead atoms. The third-order valence-corrected chi connectivity index (χ3v) is 6.12. The average molecular weight is 420 g/mol. The number of methoxy groups -OCH3 is 1. The minimum absolute atomic E-state index is 0.189. The average Bonchev–Trinajstić information content (AvgIpc) is 3.20. The van der Waals surface area contributed by atoms with Crippen molar-refractivity contribution in [2.75, 3.05) is 26.8 Å². The summed E-state index contributed by atoms with van der Waals surface area (Å²) in [5, 5.41) is 11.5. The molecular formula is C21H23F3N4O2. The zero-order valence-electron chi connectivity index (χ0n) is 16.8. The number of alkyl halides is 3. The number of nitrogens with zero attached hydrogens (tertiary/aromatic N) is 3. The molecule has 2 atom stereocenters. The maximum atomic E-state index is 13.5. The van der Waals surface area contributed by atoms with E-state index in [9.17, 15) is 18.0 Å². The number of fused-ring (bicyclic) bond motifs is 1. The number of amides is 1. The molecule has 0 aromatic heterocycles. The molecule has 0 fully saturated rings. The minimum Gasteiger partial charge on any atom is -0.383 e. The van der Waals surface area contributed by atoms with Gasteiger partial charge in [-0.1, -0.05) is 25.1 Å². The van der Waals surface area contributed by atoms with E-state index in [-0.39, 0.29) is 5.91 Å². The molecule has 3 heterocycles. The lowest BCUT2D eigenvalue weighted by Gasteiger charge is -2.47. The number of carbonyl (C=O) groups excluding carboxylic acids is 1. The summed E-state index contributed by atoms with van der Waals surface area (Å²) >= 11 is 0. The molecule has 30 heavy (non-hydrogen) atoms. The van der Waals surface area contributed by atoms with Gasteiger partial charge < -0.3 is 15.0 Å². The van der Waals surface area contributed by atoms with Gasteiger partial charge in [0.05, 0.1) is 29.4 Å². The Bertz CT molecular complexity index is 954. The fraction of sp³-hybridized carbons (Fsp3) is 0.476. The Balaban J connectivity index is 1.90. The molecule has 1 aromatic rings. The molecule has 160 valence electrons. The highest BCUT2D eigenvalue weighted by molar-refractivity contribution is 5.99. The molecular weight excluding hydrogens is 397 g/mol. The Morgan fingerprint density at radius 3 is 2.87 bits per heavy atom. The van der Waals surface area contributed by atoms with E-state index in [1.807, 2.05) is 6.92 Å². The molecule has 0 spiro atoms. The predicted octanol–water partition coefficient (Wildman–Crippen LogP) is 3.77. The topological polar surface area (TPSA) is 66.3 Å². The van der Waals surface area contributed by atoms with Crippen LogP contribution in [0.15, 0.2) is 57.5 Å². The fourth-order valence-electron chi connectivity index (χ4n) is 4.67. The first-order valence-corrected chi connectivity index (χ1v) is 9.89. The molecule has 1 aromatic carbocycles. The van der Waals surface area contributed by atoms with E-state index < -0.39 is 23.3 Å². The Labute approximate surface area is 172 Å². The van der Waals surface area contributed by atoms with Crippen molar-refractivity contribution < 1.29 is 22.7 Å². The van der Waals surface area contributed by atoms with E-state index in [2.05, 4.69) is 15.5 Å². The number of nitrogens with one attached hydrogen (secondary N) is 1. The Hall–Kier alpha value is -2.68. The summed E-state index contributed by atoms with van der Waals surface area (Å²) in [7, 11) is 1.57. The highest BCUT2D eigenvalue weighted by atomic mass is 19.4. The molecule has 3 aliphatic rings. The number of benzene rings is 1. The van der Waals surface area contributed by atoms with E-state index >= 15 is 0 Å². The lowest BCUT2D eigenvalue weighted by Crippen LogP contribution is -2.54. The van der Waals surface area contributed by atoms with E-state index in [1.165, 1.54) is 6.07 Å². The van der Waals surface area contributed by atoms with Crippen LogP contribution in [0.1, 0.15) is 30.9 Å². The molecule has 0 saturated carbocycles. The second-order valence-electron chi connectivity index (χ2n) is 7.59. The highest BCUT2D eigenvalue weighted by Gasteiger charge is 2.52. The van der Waals surface area contributed by atoms with E-state index in [4.69, 9.17) is 4.74 Å². The van der Waals surface area contributed by atoms with Crippen molar-refractivity contribution in [3.05, 3.63) is 58.4 Å². The van der Waals surface area contributed by atoms with Crippen LogP contribution in [0.2, 0.25) is 0 Å². The van der Waals surface area contributed by atoms with Crippen molar-refractivity contribution >= 4 is 5.91 Å². The fourth-order valence-corrected chi connectivity index (χ4v) is 4.67. The van der Waals surface area contributed by atoms with E-state index in [0.29, 0.717) is 49.2 Å². The van der Waals surface area contributed by atoms with Gasteiger partial charge in [-0.25, -0.2) is 0 Å². The van der Waals surface area contributed by atoms with Crippen molar-refractivity contribution in [1.29, 1.82) is 0 Å². The zero-order chi connectivity index (χ0) is 21.5. The molecule has 0 aliphatic carbocycles. The van der Waals surface area contributed by atoms with Crippen LogP contribution in [0.5, 0.6) is 0 Å².